The zero-order chi connectivity index (χ0) is 9.84. The normalized spacial score (nSPS) is 9.38. The van der Waals surface area contributed by atoms with Gasteiger partial charge in [-0.3, -0.25) is 0 Å². The Bertz CT molecular complexity index is 344. The second-order valence-electron chi connectivity index (χ2n) is 2.75. The number of hydrogen-bond donors (Lipinski definition) is 2. The fourth-order valence-electron chi connectivity index (χ4n) is 1.23. The van der Waals surface area contributed by atoms with Crippen molar-refractivity contribution in [2.45, 2.75) is 13.3 Å². The third-order valence-corrected chi connectivity index (χ3v) is 1.93. The molecule has 1 aromatic carbocycles. The summed E-state index contributed by atoms with van der Waals surface area (Å²) >= 11 is 0. The topological polar surface area (TPSA) is 64.2 Å². The summed E-state index contributed by atoms with van der Waals surface area (Å²) in [6.07, 6.45) is 0.721. The lowest BCUT2D eigenvalue weighted by Gasteiger charge is -2.06. The molecule has 2 N–H and O–H groups in total. The van der Waals surface area contributed by atoms with Crippen molar-refractivity contribution in [1.82, 2.24) is 0 Å². The SMILES string of the molecule is CCc1ccc(C#N)cc1B(O)O. The largest absolute Gasteiger partial charge is 0.488 e. The van der Waals surface area contributed by atoms with E-state index in [1.165, 1.54) is 6.07 Å². The summed E-state index contributed by atoms with van der Waals surface area (Å²) in [6, 6.07) is 6.87. The first-order valence-corrected chi connectivity index (χ1v) is 4.08. The van der Waals surface area contributed by atoms with Crippen LogP contribution >= 0.6 is 0 Å². The van der Waals surface area contributed by atoms with E-state index in [0.29, 0.717) is 11.0 Å². The molecular weight excluding hydrogens is 165 g/mol. The molecule has 0 aliphatic heterocycles. The molecule has 0 heterocycles. The fraction of sp³-hybridized carbons (Fsp3) is 0.222. The molecule has 0 atom stereocenters. The van der Waals surface area contributed by atoms with Crippen molar-refractivity contribution >= 4 is 12.6 Å². The molecule has 0 aliphatic carbocycles. The van der Waals surface area contributed by atoms with Crippen molar-refractivity contribution in [3.8, 4) is 6.07 Å². The van der Waals surface area contributed by atoms with Crippen LogP contribution in [-0.2, 0) is 6.42 Å². The van der Waals surface area contributed by atoms with Gasteiger partial charge >= 0.3 is 7.12 Å². The Balaban J connectivity index is 3.20. The Morgan fingerprint density at radius 2 is 2.15 bits per heavy atom. The van der Waals surface area contributed by atoms with Crippen LogP contribution in [0.2, 0.25) is 0 Å². The van der Waals surface area contributed by atoms with Gasteiger partial charge in [-0.2, -0.15) is 5.26 Å². The van der Waals surface area contributed by atoms with Gasteiger partial charge in [0.15, 0.2) is 0 Å². The van der Waals surface area contributed by atoms with E-state index in [9.17, 15) is 0 Å². The molecule has 1 aromatic rings. The van der Waals surface area contributed by atoms with E-state index in [2.05, 4.69) is 0 Å². The Kier molecular flexibility index (Phi) is 3.07. The van der Waals surface area contributed by atoms with Crippen LogP contribution in [0.25, 0.3) is 0 Å². The Morgan fingerprint density at radius 1 is 1.46 bits per heavy atom. The number of benzene rings is 1. The van der Waals surface area contributed by atoms with Gasteiger partial charge in [-0.05, 0) is 29.6 Å². The third-order valence-electron chi connectivity index (χ3n) is 1.93. The smallest absolute Gasteiger partial charge is 0.423 e. The minimum absolute atomic E-state index is 0.418. The number of aryl methyl sites for hydroxylation is 1. The minimum Gasteiger partial charge on any atom is -0.423 e. The van der Waals surface area contributed by atoms with Crippen LogP contribution in [0, 0.1) is 11.3 Å². The highest BCUT2D eigenvalue weighted by molar-refractivity contribution is 6.59. The summed E-state index contributed by atoms with van der Waals surface area (Å²) in [5, 5.41) is 26.6. The molecule has 13 heavy (non-hydrogen) atoms. The van der Waals surface area contributed by atoms with Gasteiger partial charge in [-0.15, -0.1) is 0 Å². The maximum Gasteiger partial charge on any atom is 0.488 e. The van der Waals surface area contributed by atoms with E-state index < -0.39 is 7.12 Å². The van der Waals surface area contributed by atoms with Crippen molar-refractivity contribution in [3.63, 3.8) is 0 Å². The molecule has 0 aliphatic rings. The lowest BCUT2D eigenvalue weighted by Crippen LogP contribution is -2.33. The van der Waals surface area contributed by atoms with E-state index in [1.54, 1.807) is 12.1 Å². The van der Waals surface area contributed by atoms with E-state index in [4.69, 9.17) is 15.3 Å². The van der Waals surface area contributed by atoms with Gasteiger partial charge in [0.05, 0.1) is 11.6 Å². The monoisotopic (exact) mass is 175 g/mol. The molecule has 0 fully saturated rings. The molecule has 0 unspecified atom stereocenters. The van der Waals surface area contributed by atoms with Crippen LogP contribution in [0.1, 0.15) is 18.1 Å². The van der Waals surface area contributed by atoms with E-state index in [-0.39, 0.29) is 0 Å². The lowest BCUT2D eigenvalue weighted by atomic mass is 9.75. The first-order chi connectivity index (χ1) is 6.19. The molecular formula is C9H10BNO2. The van der Waals surface area contributed by atoms with E-state index in [1.807, 2.05) is 13.0 Å². The highest BCUT2D eigenvalue weighted by Crippen LogP contribution is 2.02. The van der Waals surface area contributed by atoms with Gasteiger partial charge in [-0.25, -0.2) is 0 Å². The molecule has 0 saturated heterocycles. The number of nitrogens with zero attached hydrogens (tertiary/aromatic N) is 1. The molecule has 0 radical (unpaired) electrons. The zero-order valence-corrected chi connectivity index (χ0v) is 7.36. The predicted octanol–water partition coefficient (Wildman–Crippen LogP) is -0.200. The van der Waals surface area contributed by atoms with Gasteiger partial charge in [0.1, 0.15) is 0 Å². The molecule has 66 valence electrons. The Labute approximate surface area is 77.4 Å². The first kappa shape index (κ1) is 9.78. The molecule has 0 bridgehead atoms. The second-order valence-corrected chi connectivity index (χ2v) is 2.75. The molecule has 1 rings (SSSR count). The predicted molar refractivity (Wildman–Crippen MR) is 50.4 cm³/mol. The first-order valence-electron chi connectivity index (χ1n) is 4.08. The zero-order valence-electron chi connectivity index (χ0n) is 7.36. The van der Waals surface area contributed by atoms with Crippen molar-refractivity contribution in [2.75, 3.05) is 0 Å². The molecule has 0 saturated carbocycles. The molecule has 3 nitrogen and oxygen atoms in total. The number of nitriles is 1. The van der Waals surface area contributed by atoms with Crippen molar-refractivity contribution < 1.29 is 10.0 Å². The van der Waals surface area contributed by atoms with Gasteiger partial charge in [0.2, 0.25) is 0 Å². The standard InChI is InChI=1S/C9H10BNO2/c1-2-8-4-3-7(6-11)5-9(8)10(12)13/h3-5,12-13H,2H2,1H3. The minimum atomic E-state index is -1.50. The Morgan fingerprint density at radius 3 is 2.62 bits per heavy atom. The maximum absolute atomic E-state index is 9.00. The average molecular weight is 175 g/mol. The molecule has 0 aromatic heterocycles. The van der Waals surface area contributed by atoms with Gasteiger partial charge in [-0.1, -0.05) is 13.0 Å². The van der Waals surface area contributed by atoms with Crippen molar-refractivity contribution in [1.29, 1.82) is 5.26 Å². The summed E-state index contributed by atoms with van der Waals surface area (Å²) in [5.41, 5.74) is 1.72. The van der Waals surface area contributed by atoms with Crippen LogP contribution in [0.15, 0.2) is 18.2 Å². The van der Waals surface area contributed by atoms with Crippen LogP contribution in [0.5, 0.6) is 0 Å². The summed E-state index contributed by atoms with van der Waals surface area (Å²) < 4.78 is 0. The number of rotatable bonds is 2. The second kappa shape index (κ2) is 4.08. The highest BCUT2D eigenvalue weighted by Gasteiger charge is 2.15. The molecule has 4 heteroatoms. The van der Waals surface area contributed by atoms with Crippen LogP contribution < -0.4 is 5.46 Å². The molecule has 0 spiro atoms. The maximum atomic E-state index is 9.00. The van der Waals surface area contributed by atoms with E-state index in [0.717, 1.165) is 12.0 Å². The quantitative estimate of drug-likeness (QED) is 0.611. The van der Waals surface area contributed by atoms with Crippen LogP contribution in [-0.4, -0.2) is 17.2 Å². The fourth-order valence-corrected chi connectivity index (χ4v) is 1.23. The average Bonchev–Trinajstić information content (AvgIpc) is 2.16. The van der Waals surface area contributed by atoms with Crippen molar-refractivity contribution in [2.24, 2.45) is 0 Å². The van der Waals surface area contributed by atoms with Crippen molar-refractivity contribution in [3.05, 3.63) is 29.3 Å². The third kappa shape index (κ3) is 2.08. The van der Waals surface area contributed by atoms with Gasteiger partial charge in [0, 0.05) is 0 Å². The van der Waals surface area contributed by atoms with Crippen LogP contribution in [0.4, 0.5) is 0 Å². The molecule has 0 amide bonds. The highest BCUT2D eigenvalue weighted by atomic mass is 16.4. The summed E-state index contributed by atoms with van der Waals surface area (Å²) in [4.78, 5) is 0. The van der Waals surface area contributed by atoms with Gasteiger partial charge < -0.3 is 10.0 Å². The number of hydrogen-bond acceptors (Lipinski definition) is 3. The van der Waals surface area contributed by atoms with Crippen LogP contribution in [0.3, 0.4) is 0 Å². The summed E-state index contributed by atoms with van der Waals surface area (Å²) in [5.74, 6) is 0. The van der Waals surface area contributed by atoms with E-state index >= 15 is 0 Å². The summed E-state index contributed by atoms with van der Waals surface area (Å²) in [7, 11) is -1.50. The lowest BCUT2D eigenvalue weighted by molar-refractivity contribution is 0.425. The van der Waals surface area contributed by atoms with Gasteiger partial charge in [0.25, 0.3) is 0 Å². The Hall–Kier alpha value is -1.31. The summed E-state index contributed by atoms with van der Waals surface area (Å²) in [6.45, 7) is 1.92.